The minimum atomic E-state index is 0.158. The smallest absolute Gasteiger partial charge is 0.130 e. The predicted octanol–water partition coefficient (Wildman–Crippen LogP) is 2.03. The molecule has 0 aliphatic carbocycles. The summed E-state index contributed by atoms with van der Waals surface area (Å²) in [5.41, 5.74) is 7.83. The van der Waals surface area contributed by atoms with Gasteiger partial charge in [0, 0.05) is 17.2 Å². The Kier molecular flexibility index (Phi) is 3.66. The van der Waals surface area contributed by atoms with Gasteiger partial charge in [-0.1, -0.05) is 11.6 Å². The summed E-state index contributed by atoms with van der Waals surface area (Å²) >= 11 is 5.82. The van der Waals surface area contributed by atoms with E-state index in [-0.39, 0.29) is 6.61 Å². The maximum atomic E-state index is 8.79. The zero-order chi connectivity index (χ0) is 12.3. The number of hydrogen-bond acceptors (Lipinski definition) is 3. The highest BCUT2D eigenvalue weighted by molar-refractivity contribution is 6.30. The highest BCUT2D eigenvalue weighted by Gasteiger charge is 2.08. The van der Waals surface area contributed by atoms with Gasteiger partial charge in [0.2, 0.25) is 0 Å². The quantitative estimate of drug-likeness (QED) is 0.874. The molecule has 90 valence electrons. The lowest BCUT2D eigenvalue weighted by molar-refractivity contribution is 0.288. The molecule has 2 rings (SSSR count). The van der Waals surface area contributed by atoms with Crippen molar-refractivity contribution >= 4 is 17.4 Å². The number of benzene rings is 1. The Morgan fingerprint density at radius 1 is 1.29 bits per heavy atom. The van der Waals surface area contributed by atoms with Crippen molar-refractivity contribution in [3.05, 3.63) is 41.0 Å². The van der Waals surface area contributed by atoms with E-state index >= 15 is 0 Å². The highest BCUT2D eigenvalue weighted by Crippen LogP contribution is 2.19. The first-order valence-electron chi connectivity index (χ1n) is 5.41. The minimum Gasteiger partial charge on any atom is -0.396 e. The normalized spacial score (nSPS) is 10.7. The second-order valence-electron chi connectivity index (χ2n) is 3.77. The van der Waals surface area contributed by atoms with Crippen LogP contribution in [0.3, 0.4) is 0 Å². The number of nitrogens with zero attached hydrogens (tertiary/aromatic N) is 2. The molecule has 0 aliphatic rings. The Hall–Kier alpha value is -1.52. The van der Waals surface area contributed by atoms with Crippen LogP contribution in [-0.2, 0) is 6.42 Å². The van der Waals surface area contributed by atoms with Gasteiger partial charge in [-0.25, -0.2) is 4.68 Å². The van der Waals surface area contributed by atoms with Gasteiger partial charge in [0.05, 0.1) is 11.9 Å². The molecule has 0 aliphatic heterocycles. The summed E-state index contributed by atoms with van der Waals surface area (Å²) in [5, 5.41) is 13.7. The third-order valence-corrected chi connectivity index (χ3v) is 2.81. The van der Waals surface area contributed by atoms with Gasteiger partial charge in [-0.15, -0.1) is 0 Å². The van der Waals surface area contributed by atoms with E-state index in [4.69, 9.17) is 22.4 Å². The third kappa shape index (κ3) is 2.60. The van der Waals surface area contributed by atoms with Crippen LogP contribution in [0.4, 0.5) is 5.82 Å². The van der Waals surface area contributed by atoms with Gasteiger partial charge < -0.3 is 10.8 Å². The molecule has 1 aromatic carbocycles. The summed E-state index contributed by atoms with van der Waals surface area (Å²) in [6.45, 7) is 0.158. The fourth-order valence-electron chi connectivity index (χ4n) is 1.64. The Morgan fingerprint density at radius 3 is 2.65 bits per heavy atom. The molecule has 0 unspecified atom stereocenters. The van der Waals surface area contributed by atoms with Crippen LogP contribution < -0.4 is 5.73 Å². The number of halogens is 1. The average Bonchev–Trinajstić information content (AvgIpc) is 2.69. The van der Waals surface area contributed by atoms with Gasteiger partial charge in [0.25, 0.3) is 0 Å². The molecule has 0 atom stereocenters. The van der Waals surface area contributed by atoms with Gasteiger partial charge in [-0.2, -0.15) is 5.10 Å². The van der Waals surface area contributed by atoms with Gasteiger partial charge >= 0.3 is 0 Å². The number of aromatic nitrogens is 2. The number of aryl methyl sites for hydroxylation is 1. The van der Waals surface area contributed by atoms with Crippen LogP contribution in [-0.4, -0.2) is 21.5 Å². The Balaban J connectivity index is 2.27. The maximum absolute atomic E-state index is 8.79. The first-order chi connectivity index (χ1) is 8.22. The van der Waals surface area contributed by atoms with E-state index in [1.165, 1.54) is 0 Å². The van der Waals surface area contributed by atoms with Crippen LogP contribution in [0.25, 0.3) is 5.69 Å². The zero-order valence-electron chi connectivity index (χ0n) is 9.31. The van der Waals surface area contributed by atoms with E-state index in [2.05, 4.69) is 5.10 Å². The molecule has 0 bridgehead atoms. The second kappa shape index (κ2) is 5.21. The summed E-state index contributed by atoms with van der Waals surface area (Å²) in [6, 6.07) is 7.32. The van der Waals surface area contributed by atoms with Crippen LogP contribution >= 0.6 is 11.6 Å². The van der Waals surface area contributed by atoms with Crippen molar-refractivity contribution in [2.45, 2.75) is 12.8 Å². The lowest BCUT2D eigenvalue weighted by atomic mass is 10.2. The van der Waals surface area contributed by atoms with Crippen LogP contribution in [0, 0.1) is 0 Å². The molecule has 0 amide bonds. The number of anilines is 1. The van der Waals surface area contributed by atoms with Crippen molar-refractivity contribution in [1.29, 1.82) is 0 Å². The highest BCUT2D eigenvalue weighted by atomic mass is 35.5. The molecule has 0 saturated heterocycles. The predicted molar refractivity (Wildman–Crippen MR) is 68.4 cm³/mol. The van der Waals surface area contributed by atoms with Gasteiger partial charge in [0.1, 0.15) is 5.82 Å². The van der Waals surface area contributed by atoms with E-state index in [1.54, 1.807) is 23.0 Å². The van der Waals surface area contributed by atoms with Crippen LogP contribution in [0.1, 0.15) is 12.0 Å². The zero-order valence-corrected chi connectivity index (χ0v) is 10.1. The standard InChI is InChI=1S/C12H14ClN3O/c13-10-3-5-11(6-4-10)16-12(14)9(8-15-16)2-1-7-17/h3-6,8,17H,1-2,7,14H2. The fourth-order valence-corrected chi connectivity index (χ4v) is 1.77. The first-order valence-corrected chi connectivity index (χ1v) is 5.79. The Labute approximate surface area is 105 Å². The monoisotopic (exact) mass is 251 g/mol. The maximum Gasteiger partial charge on any atom is 0.130 e. The molecule has 0 spiro atoms. The summed E-state index contributed by atoms with van der Waals surface area (Å²) in [4.78, 5) is 0. The van der Waals surface area contributed by atoms with Crippen molar-refractivity contribution in [1.82, 2.24) is 9.78 Å². The first kappa shape index (κ1) is 12.0. The molecule has 2 aromatic rings. The van der Waals surface area contributed by atoms with Crippen molar-refractivity contribution in [2.75, 3.05) is 12.3 Å². The average molecular weight is 252 g/mol. The fraction of sp³-hybridized carbons (Fsp3) is 0.250. The van der Waals surface area contributed by atoms with Crippen LogP contribution in [0.5, 0.6) is 0 Å². The summed E-state index contributed by atoms with van der Waals surface area (Å²) in [7, 11) is 0. The molecule has 1 heterocycles. The SMILES string of the molecule is Nc1c(CCCO)cnn1-c1ccc(Cl)cc1. The van der Waals surface area contributed by atoms with Crippen LogP contribution in [0.15, 0.2) is 30.5 Å². The van der Waals surface area contributed by atoms with Crippen molar-refractivity contribution in [3.63, 3.8) is 0 Å². The number of nitrogen functional groups attached to an aromatic ring is 1. The van der Waals surface area contributed by atoms with Gasteiger partial charge in [-0.3, -0.25) is 0 Å². The van der Waals surface area contributed by atoms with Crippen molar-refractivity contribution in [2.24, 2.45) is 0 Å². The van der Waals surface area contributed by atoms with E-state index in [0.717, 1.165) is 17.7 Å². The molecule has 3 N–H and O–H groups in total. The lowest BCUT2D eigenvalue weighted by Gasteiger charge is -2.05. The minimum absolute atomic E-state index is 0.158. The summed E-state index contributed by atoms with van der Waals surface area (Å²) < 4.78 is 1.67. The van der Waals surface area contributed by atoms with E-state index < -0.39 is 0 Å². The summed E-state index contributed by atoms with van der Waals surface area (Å²) in [6.07, 6.45) is 3.16. The van der Waals surface area contributed by atoms with E-state index in [9.17, 15) is 0 Å². The molecule has 1 aromatic heterocycles. The molecule has 17 heavy (non-hydrogen) atoms. The Morgan fingerprint density at radius 2 is 2.00 bits per heavy atom. The van der Waals surface area contributed by atoms with Crippen molar-refractivity contribution in [3.8, 4) is 5.69 Å². The number of nitrogens with two attached hydrogens (primary N) is 1. The number of aliphatic hydroxyl groups excluding tert-OH is 1. The molecule has 0 saturated carbocycles. The van der Waals surface area contributed by atoms with E-state index in [0.29, 0.717) is 17.3 Å². The van der Waals surface area contributed by atoms with E-state index in [1.807, 2.05) is 12.1 Å². The van der Waals surface area contributed by atoms with Crippen LogP contribution in [0.2, 0.25) is 5.02 Å². The molecule has 0 radical (unpaired) electrons. The Bertz CT molecular complexity index is 493. The summed E-state index contributed by atoms with van der Waals surface area (Å²) in [5.74, 6) is 0.612. The second-order valence-corrected chi connectivity index (χ2v) is 4.21. The number of hydrogen-bond donors (Lipinski definition) is 2. The third-order valence-electron chi connectivity index (χ3n) is 2.56. The lowest BCUT2D eigenvalue weighted by Crippen LogP contribution is -2.03. The van der Waals surface area contributed by atoms with Crippen molar-refractivity contribution < 1.29 is 5.11 Å². The largest absolute Gasteiger partial charge is 0.396 e. The van der Waals surface area contributed by atoms with Gasteiger partial charge in [-0.05, 0) is 37.1 Å². The number of rotatable bonds is 4. The molecular formula is C12H14ClN3O. The van der Waals surface area contributed by atoms with Gasteiger partial charge in [0.15, 0.2) is 0 Å². The molecular weight excluding hydrogens is 238 g/mol. The molecule has 4 nitrogen and oxygen atoms in total. The molecule has 5 heteroatoms. The topological polar surface area (TPSA) is 64.1 Å². The number of aliphatic hydroxyl groups is 1. The molecule has 0 fully saturated rings.